The smallest absolute Gasteiger partial charge is 0.0442 e. The summed E-state index contributed by atoms with van der Waals surface area (Å²) in [5.74, 6) is 0. The molecular weight excluding hydrogens is 304 g/mol. The van der Waals surface area contributed by atoms with Crippen LogP contribution in [0.3, 0.4) is 0 Å². The molecule has 0 saturated heterocycles. The molecule has 0 radical (unpaired) electrons. The molecule has 2 aromatic carbocycles. The van der Waals surface area contributed by atoms with Crippen molar-refractivity contribution in [2.75, 3.05) is 13.1 Å². The third kappa shape index (κ3) is 6.18. The van der Waals surface area contributed by atoms with E-state index in [2.05, 4.69) is 66.6 Å². The largest absolute Gasteiger partial charge is 0.326 e. The zero-order chi connectivity index (χ0) is 17.9. The van der Waals surface area contributed by atoms with Gasteiger partial charge in [0.15, 0.2) is 0 Å². The van der Waals surface area contributed by atoms with E-state index < -0.39 is 0 Å². The van der Waals surface area contributed by atoms with Gasteiger partial charge in [-0.3, -0.25) is 4.90 Å². The van der Waals surface area contributed by atoms with E-state index in [-0.39, 0.29) is 12.1 Å². The van der Waals surface area contributed by atoms with Crippen LogP contribution in [0.4, 0.5) is 0 Å². The number of nitrogens with zero attached hydrogens (tertiary/aromatic N) is 1. The van der Waals surface area contributed by atoms with Crippen molar-refractivity contribution in [2.24, 2.45) is 5.73 Å². The first-order valence-electron chi connectivity index (χ1n) is 8.73. The molecule has 0 aliphatic carbocycles. The molecule has 0 amide bonds. The zero-order valence-electron chi connectivity index (χ0n) is 14.8. The van der Waals surface area contributed by atoms with Crippen molar-refractivity contribution >= 4 is 6.08 Å². The van der Waals surface area contributed by atoms with Crippen LogP contribution in [0.2, 0.25) is 0 Å². The fourth-order valence-corrected chi connectivity index (χ4v) is 2.97. The maximum Gasteiger partial charge on any atom is 0.0442 e. The maximum absolute atomic E-state index is 6.61. The van der Waals surface area contributed by atoms with E-state index in [0.29, 0.717) is 0 Å². The maximum atomic E-state index is 6.61. The highest BCUT2D eigenvalue weighted by molar-refractivity contribution is 5.49. The quantitative estimate of drug-likeness (QED) is 0.657. The van der Waals surface area contributed by atoms with E-state index in [1.165, 1.54) is 11.1 Å². The van der Waals surface area contributed by atoms with Crippen molar-refractivity contribution in [2.45, 2.75) is 18.5 Å². The predicted molar refractivity (Wildman–Crippen MR) is 109 cm³/mol. The van der Waals surface area contributed by atoms with Crippen molar-refractivity contribution in [1.82, 2.24) is 4.90 Å². The average molecular weight is 332 g/mol. The lowest BCUT2D eigenvalue weighted by Gasteiger charge is -2.32. The van der Waals surface area contributed by atoms with Crippen LogP contribution >= 0.6 is 0 Å². The SMILES string of the molecule is C=CCN(CC=C)[C@H](/C=C/c1ccccc1)[C@@H](N)Cc1ccccc1. The summed E-state index contributed by atoms with van der Waals surface area (Å²) >= 11 is 0. The van der Waals surface area contributed by atoms with E-state index in [9.17, 15) is 0 Å². The fraction of sp³-hybridized carbons (Fsp3) is 0.217. The van der Waals surface area contributed by atoms with Crippen LogP contribution in [0, 0.1) is 0 Å². The van der Waals surface area contributed by atoms with Gasteiger partial charge < -0.3 is 5.73 Å². The summed E-state index contributed by atoms with van der Waals surface area (Å²) in [4.78, 5) is 2.30. The lowest BCUT2D eigenvalue weighted by Crippen LogP contribution is -2.48. The van der Waals surface area contributed by atoms with Crippen LogP contribution in [-0.4, -0.2) is 30.1 Å². The van der Waals surface area contributed by atoms with Crippen molar-refractivity contribution in [3.63, 3.8) is 0 Å². The Balaban J connectivity index is 2.21. The Morgan fingerprint density at radius 2 is 1.44 bits per heavy atom. The van der Waals surface area contributed by atoms with Gasteiger partial charge in [-0.25, -0.2) is 0 Å². The van der Waals surface area contributed by atoms with Gasteiger partial charge in [0.05, 0.1) is 0 Å². The molecule has 0 saturated carbocycles. The molecule has 0 heterocycles. The van der Waals surface area contributed by atoms with Crippen LogP contribution in [0.1, 0.15) is 11.1 Å². The topological polar surface area (TPSA) is 29.3 Å². The summed E-state index contributed by atoms with van der Waals surface area (Å²) in [6, 6.07) is 20.8. The fourth-order valence-electron chi connectivity index (χ4n) is 2.97. The summed E-state index contributed by atoms with van der Waals surface area (Å²) in [6.45, 7) is 9.32. The van der Waals surface area contributed by atoms with Gasteiger partial charge >= 0.3 is 0 Å². The van der Waals surface area contributed by atoms with Gasteiger partial charge in [0.2, 0.25) is 0 Å². The van der Waals surface area contributed by atoms with E-state index in [1.807, 2.05) is 36.4 Å². The van der Waals surface area contributed by atoms with Crippen LogP contribution in [0.25, 0.3) is 6.08 Å². The molecule has 2 rings (SSSR count). The van der Waals surface area contributed by atoms with Crippen molar-refractivity contribution in [1.29, 1.82) is 0 Å². The second-order valence-electron chi connectivity index (χ2n) is 6.15. The summed E-state index contributed by atoms with van der Waals surface area (Å²) in [5.41, 5.74) is 9.05. The summed E-state index contributed by atoms with van der Waals surface area (Å²) in [5, 5.41) is 0. The third-order valence-corrected chi connectivity index (χ3v) is 4.19. The Bertz CT molecular complexity index is 651. The summed E-state index contributed by atoms with van der Waals surface area (Å²) in [6.07, 6.45) is 9.02. The van der Waals surface area contributed by atoms with Crippen molar-refractivity contribution in [3.05, 3.63) is 103 Å². The van der Waals surface area contributed by atoms with Crippen molar-refractivity contribution in [3.8, 4) is 0 Å². The molecule has 0 fully saturated rings. The minimum Gasteiger partial charge on any atom is -0.326 e. The number of rotatable bonds is 10. The minimum atomic E-state index is -0.0118. The highest BCUT2D eigenvalue weighted by atomic mass is 15.2. The normalized spacial score (nSPS) is 13.7. The average Bonchev–Trinajstić information content (AvgIpc) is 2.64. The van der Waals surface area contributed by atoms with E-state index >= 15 is 0 Å². The molecule has 0 spiro atoms. The molecule has 2 heteroatoms. The Labute approximate surface area is 152 Å². The lowest BCUT2D eigenvalue weighted by molar-refractivity contribution is 0.248. The Hall–Kier alpha value is -2.42. The van der Waals surface area contributed by atoms with Gasteiger partial charge in [0.1, 0.15) is 0 Å². The van der Waals surface area contributed by atoms with Gasteiger partial charge in [-0.05, 0) is 17.5 Å². The van der Waals surface area contributed by atoms with E-state index in [0.717, 1.165) is 19.5 Å². The van der Waals surface area contributed by atoms with Crippen molar-refractivity contribution < 1.29 is 0 Å². The molecule has 0 unspecified atom stereocenters. The molecule has 0 bridgehead atoms. The summed E-state index contributed by atoms with van der Waals surface area (Å²) < 4.78 is 0. The first-order valence-corrected chi connectivity index (χ1v) is 8.73. The third-order valence-electron chi connectivity index (χ3n) is 4.19. The minimum absolute atomic E-state index is 0.0118. The van der Waals surface area contributed by atoms with E-state index in [4.69, 9.17) is 5.73 Å². The number of hydrogen-bond donors (Lipinski definition) is 1. The number of nitrogens with two attached hydrogens (primary N) is 1. The van der Waals surface area contributed by atoms with Gasteiger partial charge in [0.25, 0.3) is 0 Å². The Kier molecular flexibility index (Phi) is 7.90. The zero-order valence-corrected chi connectivity index (χ0v) is 14.8. The van der Waals surface area contributed by atoms with Crippen LogP contribution in [0.15, 0.2) is 92.0 Å². The first kappa shape index (κ1) is 18.9. The molecule has 2 aromatic rings. The highest BCUT2D eigenvalue weighted by Gasteiger charge is 2.21. The van der Waals surface area contributed by atoms with Crippen LogP contribution in [0.5, 0.6) is 0 Å². The molecule has 2 nitrogen and oxygen atoms in total. The van der Waals surface area contributed by atoms with Crippen LogP contribution in [-0.2, 0) is 6.42 Å². The molecule has 2 N–H and O–H groups in total. The number of hydrogen-bond acceptors (Lipinski definition) is 2. The monoisotopic (exact) mass is 332 g/mol. The predicted octanol–water partition coefficient (Wildman–Crippen LogP) is 4.31. The second-order valence-corrected chi connectivity index (χ2v) is 6.15. The molecule has 25 heavy (non-hydrogen) atoms. The molecule has 0 aliphatic rings. The molecule has 0 aliphatic heterocycles. The lowest BCUT2D eigenvalue weighted by atomic mass is 9.97. The Morgan fingerprint density at radius 3 is 2.00 bits per heavy atom. The first-order chi connectivity index (χ1) is 12.2. The van der Waals surface area contributed by atoms with Gasteiger partial charge in [-0.2, -0.15) is 0 Å². The van der Waals surface area contributed by atoms with E-state index in [1.54, 1.807) is 0 Å². The van der Waals surface area contributed by atoms with Gasteiger partial charge in [-0.1, -0.05) is 85.0 Å². The molecule has 0 aromatic heterocycles. The van der Waals surface area contributed by atoms with Crippen LogP contribution < -0.4 is 5.73 Å². The Morgan fingerprint density at radius 1 is 0.880 bits per heavy atom. The molecule has 130 valence electrons. The highest BCUT2D eigenvalue weighted by Crippen LogP contribution is 2.13. The molecular formula is C23H28N2. The standard InChI is InChI=1S/C23H28N2/c1-3-17-25(18-4-2)23(16-15-20-11-7-5-8-12-20)22(24)19-21-13-9-6-10-14-21/h3-16,22-23H,1-2,17-19,24H2/b16-15+/t22-,23+/m0/s1. The summed E-state index contributed by atoms with van der Waals surface area (Å²) in [7, 11) is 0. The number of benzene rings is 2. The second kappa shape index (κ2) is 10.4. The molecule has 2 atom stereocenters. The van der Waals surface area contributed by atoms with Gasteiger partial charge in [0, 0.05) is 25.2 Å². The van der Waals surface area contributed by atoms with Gasteiger partial charge in [-0.15, -0.1) is 13.2 Å².